The summed E-state index contributed by atoms with van der Waals surface area (Å²) in [6.45, 7) is 4.13. The first kappa shape index (κ1) is 14.2. The highest BCUT2D eigenvalue weighted by molar-refractivity contribution is 7.99. The topological polar surface area (TPSA) is 55.1 Å². The Labute approximate surface area is 120 Å². The molecule has 0 saturated heterocycles. The van der Waals surface area contributed by atoms with E-state index in [0.29, 0.717) is 10.8 Å². The number of carboxylic acids is 1. The summed E-state index contributed by atoms with van der Waals surface area (Å²) in [4.78, 5) is 15.1. The van der Waals surface area contributed by atoms with Crippen LogP contribution in [0.5, 0.6) is 0 Å². The van der Waals surface area contributed by atoms with Gasteiger partial charge in [0.2, 0.25) is 0 Å². The number of aliphatic carboxylic acids is 1. The molecule has 0 aliphatic heterocycles. The van der Waals surface area contributed by atoms with Crippen LogP contribution in [0, 0.1) is 0 Å². The van der Waals surface area contributed by atoms with Gasteiger partial charge in [0.1, 0.15) is 5.82 Å². The van der Waals surface area contributed by atoms with Crippen molar-refractivity contribution in [1.82, 2.24) is 9.55 Å². The van der Waals surface area contributed by atoms with E-state index in [1.807, 2.05) is 18.2 Å². The Morgan fingerprint density at radius 1 is 1.53 bits per heavy atom. The maximum atomic E-state index is 10.6. The van der Waals surface area contributed by atoms with E-state index in [1.165, 1.54) is 11.8 Å². The summed E-state index contributed by atoms with van der Waals surface area (Å²) in [5, 5.41) is 9.36. The Kier molecular flexibility index (Phi) is 4.37. The van der Waals surface area contributed by atoms with E-state index < -0.39 is 5.97 Å². The molecule has 0 fully saturated rings. The summed E-state index contributed by atoms with van der Waals surface area (Å²) >= 11 is 7.58. The Morgan fingerprint density at radius 3 is 2.89 bits per heavy atom. The van der Waals surface area contributed by atoms with Gasteiger partial charge in [-0.2, -0.15) is 0 Å². The molecule has 1 aromatic heterocycles. The number of aromatic nitrogens is 2. The van der Waals surface area contributed by atoms with Gasteiger partial charge in [0.25, 0.3) is 0 Å². The third kappa shape index (κ3) is 3.04. The summed E-state index contributed by atoms with van der Waals surface area (Å²) in [7, 11) is 0. The summed E-state index contributed by atoms with van der Waals surface area (Å²) < 4.78 is 2.08. The highest BCUT2D eigenvalue weighted by Gasteiger charge is 2.15. The van der Waals surface area contributed by atoms with Gasteiger partial charge < -0.3 is 9.67 Å². The lowest BCUT2D eigenvalue weighted by Gasteiger charge is -2.13. The van der Waals surface area contributed by atoms with Gasteiger partial charge in [-0.25, -0.2) is 4.98 Å². The second kappa shape index (κ2) is 5.84. The molecule has 4 nitrogen and oxygen atoms in total. The number of hydrogen-bond acceptors (Lipinski definition) is 3. The van der Waals surface area contributed by atoms with Crippen LogP contribution in [-0.2, 0) is 10.5 Å². The Balaban J connectivity index is 2.40. The third-order valence-corrected chi connectivity index (χ3v) is 3.93. The molecule has 0 radical (unpaired) electrons. The zero-order valence-corrected chi connectivity index (χ0v) is 12.3. The van der Waals surface area contributed by atoms with E-state index in [9.17, 15) is 4.79 Å². The number of carboxylic acid groups (broad SMARTS) is 1. The van der Waals surface area contributed by atoms with Gasteiger partial charge in [0.15, 0.2) is 0 Å². The van der Waals surface area contributed by atoms with Gasteiger partial charge in [-0.1, -0.05) is 17.7 Å². The first-order chi connectivity index (χ1) is 9.00. The molecule has 0 atom stereocenters. The molecule has 2 aromatic rings. The first-order valence-corrected chi connectivity index (χ1v) is 7.49. The molecule has 0 spiro atoms. The maximum absolute atomic E-state index is 10.6. The first-order valence-electron chi connectivity index (χ1n) is 5.95. The molecule has 0 amide bonds. The summed E-state index contributed by atoms with van der Waals surface area (Å²) in [6.07, 6.45) is 0. The number of imidazole rings is 1. The summed E-state index contributed by atoms with van der Waals surface area (Å²) in [6, 6.07) is 5.87. The van der Waals surface area contributed by atoms with Crippen LogP contribution in [0.1, 0.15) is 25.7 Å². The van der Waals surface area contributed by atoms with Crippen LogP contribution in [0.4, 0.5) is 0 Å². The van der Waals surface area contributed by atoms with Crippen LogP contribution in [0.2, 0.25) is 5.02 Å². The average molecular weight is 299 g/mol. The molecule has 2 rings (SSSR count). The number of halogens is 1. The molecule has 0 bridgehead atoms. The Hall–Kier alpha value is -1.20. The zero-order valence-electron chi connectivity index (χ0n) is 10.8. The molecule has 0 aliphatic carbocycles. The standard InChI is InChI=1S/C13H15ClN2O2S/c1-8(2)16-11(6-19-7-12(17)18)15-10-5-3-4-9(14)13(10)16/h3-5,8H,6-7H2,1-2H3,(H,17,18). The number of nitrogens with zero attached hydrogens (tertiary/aromatic N) is 2. The van der Waals surface area contributed by atoms with Crippen molar-refractivity contribution in [3.63, 3.8) is 0 Å². The van der Waals surface area contributed by atoms with Crippen molar-refractivity contribution in [3.05, 3.63) is 29.0 Å². The van der Waals surface area contributed by atoms with Crippen LogP contribution in [-0.4, -0.2) is 26.4 Å². The minimum Gasteiger partial charge on any atom is -0.481 e. The largest absolute Gasteiger partial charge is 0.481 e. The zero-order chi connectivity index (χ0) is 14.0. The molecule has 1 aromatic carbocycles. The number of carbonyl (C=O) groups is 1. The predicted molar refractivity (Wildman–Crippen MR) is 78.9 cm³/mol. The second-order valence-corrected chi connectivity index (χ2v) is 5.88. The third-order valence-electron chi connectivity index (χ3n) is 2.71. The number of hydrogen-bond donors (Lipinski definition) is 1. The highest BCUT2D eigenvalue weighted by atomic mass is 35.5. The van der Waals surface area contributed by atoms with Crippen LogP contribution in [0.3, 0.4) is 0 Å². The fraction of sp³-hybridized carbons (Fsp3) is 0.385. The number of para-hydroxylation sites is 1. The van der Waals surface area contributed by atoms with E-state index in [4.69, 9.17) is 16.7 Å². The number of rotatable bonds is 5. The molecule has 0 unspecified atom stereocenters. The Bertz CT molecular complexity index is 610. The Morgan fingerprint density at radius 2 is 2.26 bits per heavy atom. The van der Waals surface area contributed by atoms with E-state index in [2.05, 4.69) is 23.4 Å². The summed E-state index contributed by atoms with van der Waals surface area (Å²) in [5.41, 5.74) is 1.78. The molecular weight excluding hydrogens is 284 g/mol. The number of benzene rings is 1. The second-order valence-electron chi connectivity index (χ2n) is 4.49. The van der Waals surface area contributed by atoms with Crippen LogP contribution < -0.4 is 0 Å². The molecular formula is C13H15ClN2O2S. The van der Waals surface area contributed by atoms with Gasteiger partial charge >= 0.3 is 5.97 Å². The van der Waals surface area contributed by atoms with Crippen molar-refractivity contribution < 1.29 is 9.90 Å². The van der Waals surface area contributed by atoms with E-state index in [1.54, 1.807) is 0 Å². The molecule has 19 heavy (non-hydrogen) atoms. The lowest BCUT2D eigenvalue weighted by atomic mass is 10.3. The van der Waals surface area contributed by atoms with Crippen LogP contribution in [0.25, 0.3) is 11.0 Å². The van der Waals surface area contributed by atoms with Crippen molar-refractivity contribution in [2.24, 2.45) is 0 Å². The monoisotopic (exact) mass is 298 g/mol. The molecule has 1 heterocycles. The molecule has 102 valence electrons. The van der Waals surface area contributed by atoms with E-state index in [0.717, 1.165) is 16.9 Å². The fourth-order valence-electron chi connectivity index (χ4n) is 2.04. The smallest absolute Gasteiger partial charge is 0.313 e. The van der Waals surface area contributed by atoms with Crippen molar-refractivity contribution >= 4 is 40.4 Å². The maximum Gasteiger partial charge on any atom is 0.313 e. The van der Waals surface area contributed by atoms with Gasteiger partial charge in [-0.3, -0.25) is 4.79 Å². The quantitative estimate of drug-likeness (QED) is 0.916. The van der Waals surface area contributed by atoms with E-state index in [-0.39, 0.29) is 11.8 Å². The molecule has 1 N–H and O–H groups in total. The number of fused-ring (bicyclic) bond motifs is 1. The van der Waals surface area contributed by atoms with Crippen LogP contribution >= 0.6 is 23.4 Å². The summed E-state index contributed by atoms with van der Waals surface area (Å²) in [5.74, 6) is 0.699. The van der Waals surface area contributed by atoms with Crippen LogP contribution in [0.15, 0.2) is 18.2 Å². The van der Waals surface area contributed by atoms with Gasteiger partial charge in [-0.15, -0.1) is 11.8 Å². The molecule has 0 saturated carbocycles. The highest BCUT2D eigenvalue weighted by Crippen LogP contribution is 2.29. The SMILES string of the molecule is CC(C)n1c(CSCC(=O)O)nc2cccc(Cl)c21. The number of thioether (sulfide) groups is 1. The lowest BCUT2D eigenvalue weighted by Crippen LogP contribution is -2.07. The minimum atomic E-state index is -0.810. The van der Waals surface area contributed by atoms with Crippen molar-refractivity contribution in [1.29, 1.82) is 0 Å². The van der Waals surface area contributed by atoms with Gasteiger partial charge in [0, 0.05) is 6.04 Å². The van der Waals surface area contributed by atoms with Crippen molar-refractivity contribution in [2.45, 2.75) is 25.6 Å². The van der Waals surface area contributed by atoms with Gasteiger partial charge in [-0.05, 0) is 26.0 Å². The molecule has 6 heteroatoms. The van der Waals surface area contributed by atoms with Crippen molar-refractivity contribution in [2.75, 3.05) is 5.75 Å². The van der Waals surface area contributed by atoms with Crippen molar-refractivity contribution in [3.8, 4) is 0 Å². The minimum absolute atomic E-state index is 0.0784. The predicted octanol–water partition coefficient (Wildman–Crippen LogP) is 3.59. The lowest BCUT2D eigenvalue weighted by molar-refractivity contribution is -0.133. The fourth-order valence-corrected chi connectivity index (χ4v) is 2.97. The van der Waals surface area contributed by atoms with E-state index >= 15 is 0 Å². The van der Waals surface area contributed by atoms with Gasteiger partial charge in [0.05, 0.1) is 27.6 Å². The normalized spacial score (nSPS) is 11.4. The average Bonchev–Trinajstić information content (AvgIpc) is 2.68. The molecule has 0 aliphatic rings.